The van der Waals surface area contributed by atoms with Gasteiger partial charge in [-0.3, -0.25) is 4.90 Å². The number of aromatic nitrogens is 2. The molecule has 3 saturated heterocycles. The zero-order valence-corrected chi connectivity index (χ0v) is 18.2. The van der Waals surface area contributed by atoms with E-state index in [1.54, 1.807) is 0 Å². The molecule has 0 spiro atoms. The van der Waals surface area contributed by atoms with Crippen molar-refractivity contribution in [3.63, 3.8) is 0 Å². The van der Waals surface area contributed by atoms with Crippen molar-refractivity contribution in [2.45, 2.75) is 89.8 Å². The molecule has 3 fully saturated rings. The highest BCUT2D eigenvalue weighted by Crippen LogP contribution is 2.35. The van der Waals surface area contributed by atoms with Crippen molar-refractivity contribution < 1.29 is 0 Å². The Morgan fingerprint density at radius 2 is 1.75 bits per heavy atom. The first-order valence-electron chi connectivity index (χ1n) is 11.7. The maximum atomic E-state index is 5.11. The summed E-state index contributed by atoms with van der Waals surface area (Å²) < 4.78 is 0. The van der Waals surface area contributed by atoms with Gasteiger partial charge in [-0.1, -0.05) is 19.8 Å². The van der Waals surface area contributed by atoms with E-state index in [2.05, 4.69) is 41.5 Å². The third kappa shape index (κ3) is 4.35. The minimum Gasteiger partial charge on any atom is -0.348 e. The lowest BCUT2D eigenvalue weighted by molar-refractivity contribution is 0.177. The number of piperidine rings is 1. The van der Waals surface area contributed by atoms with Gasteiger partial charge in [0.25, 0.3) is 0 Å². The highest BCUT2D eigenvalue weighted by molar-refractivity contribution is 5.44. The fourth-order valence-electron chi connectivity index (χ4n) is 5.44. The molecule has 1 aromatic heterocycles. The highest BCUT2D eigenvalue weighted by atomic mass is 15.4. The Bertz CT molecular complexity index is 611. The van der Waals surface area contributed by atoms with Crippen LogP contribution in [-0.4, -0.2) is 70.6 Å². The molecule has 0 aliphatic carbocycles. The molecule has 4 heterocycles. The zero-order valence-electron chi connectivity index (χ0n) is 18.2. The van der Waals surface area contributed by atoms with E-state index in [4.69, 9.17) is 9.97 Å². The van der Waals surface area contributed by atoms with E-state index in [0.717, 1.165) is 5.82 Å². The monoisotopic (exact) mass is 385 g/mol. The van der Waals surface area contributed by atoms with Gasteiger partial charge >= 0.3 is 0 Å². The van der Waals surface area contributed by atoms with Crippen LogP contribution in [0, 0.1) is 0 Å². The fraction of sp³-hybridized carbons (Fsp3) is 0.826. The van der Waals surface area contributed by atoms with Gasteiger partial charge in [0.1, 0.15) is 11.6 Å². The molecule has 3 aliphatic heterocycles. The molecule has 2 bridgehead atoms. The minimum atomic E-state index is 0.539. The normalized spacial score (nSPS) is 27.1. The summed E-state index contributed by atoms with van der Waals surface area (Å²) in [5.74, 6) is 2.82. The van der Waals surface area contributed by atoms with Crippen LogP contribution in [0.5, 0.6) is 0 Å². The molecule has 0 radical (unpaired) electrons. The van der Waals surface area contributed by atoms with Crippen molar-refractivity contribution in [1.29, 1.82) is 0 Å². The lowest BCUT2D eigenvalue weighted by Gasteiger charge is -2.43. The van der Waals surface area contributed by atoms with Gasteiger partial charge in [-0.15, -0.1) is 0 Å². The number of fused-ring (bicyclic) bond motifs is 2. The molecule has 2 unspecified atom stereocenters. The Kier molecular flexibility index (Phi) is 6.52. The Morgan fingerprint density at radius 3 is 2.39 bits per heavy atom. The van der Waals surface area contributed by atoms with Crippen LogP contribution in [0.3, 0.4) is 0 Å². The van der Waals surface area contributed by atoms with Crippen molar-refractivity contribution in [3.05, 3.63) is 18.1 Å². The lowest BCUT2D eigenvalue weighted by atomic mass is 9.95. The molecule has 4 rings (SSSR count). The number of piperazine rings is 1. The average Bonchev–Trinajstić information content (AvgIpc) is 2.98. The van der Waals surface area contributed by atoms with Crippen LogP contribution in [0.15, 0.2) is 12.3 Å². The molecule has 0 N–H and O–H groups in total. The molecule has 0 amide bonds. The maximum absolute atomic E-state index is 5.11. The highest BCUT2D eigenvalue weighted by Gasteiger charge is 2.41. The number of rotatable bonds is 7. The van der Waals surface area contributed by atoms with Crippen molar-refractivity contribution in [2.75, 3.05) is 37.6 Å². The zero-order chi connectivity index (χ0) is 19.5. The Labute approximate surface area is 171 Å². The van der Waals surface area contributed by atoms with Crippen LogP contribution in [-0.2, 0) is 0 Å². The number of anilines is 1. The SMILES string of the molecule is CCCCCN1CCC(c2nccc(N3C4CCC3CN(C(C)C)C4)n2)CC1. The van der Waals surface area contributed by atoms with E-state index >= 15 is 0 Å². The van der Waals surface area contributed by atoms with Crippen LogP contribution in [0.2, 0.25) is 0 Å². The van der Waals surface area contributed by atoms with Gasteiger partial charge < -0.3 is 9.80 Å². The third-order valence-corrected chi connectivity index (χ3v) is 7.20. The van der Waals surface area contributed by atoms with Crippen molar-refractivity contribution in [1.82, 2.24) is 19.8 Å². The van der Waals surface area contributed by atoms with E-state index in [-0.39, 0.29) is 0 Å². The molecule has 5 nitrogen and oxygen atoms in total. The average molecular weight is 386 g/mol. The molecule has 0 aromatic carbocycles. The minimum absolute atomic E-state index is 0.539. The standard InChI is InChI=1S/C23H39N5/c1-4-5-6-13-26-14-10-19(11-15-26)23-24-12-9-22(25-23)28-20-7-8-21(28)17-27(16-20)18(2)3/h9,12,18-21H,4-8,10-11,13-17H2,1-3H3. The second-order valence-electron chi connectivity index (χ2n) is 9.44. The second kappa shape index (κ2) is 9.08. The molecular weight excluding hydrogens is 346 g/mol. The van der Waals surface area contributed by atoms with Gasteiger partial charge in [-0.05, 0) is 71.7 Å². The van der Waals surface area contributed by atoms with E-state index in [1.807, 2.05) is 6.20 Å². The van der Waals surface area contributed by atoms with E-state index in [9.17, 15) is 0 Å². The topological polar surface area (TPSA) is 35.5 Å². The first kappa shape index (κ1) is 20.1. The summed E-state index contributed by atoms with van der Waals surface area (Å²) in [7, 11) is 0. The molecule has 28 heavy (non-hydrogen) atoms. The molecular formula is C23H39N5. The van der Waals surface area contributed by atoms with Crippen LogP contribution >= 0.6 is 0 Å². The van der Waals surface area contributed by atoms with Crippen molar-refractivity contribution >= 4 is 5.82 Å². The summed E-state index contributed by atoms with van der Waals surface area (Å²) in [5.41, 5.74) is 0. The lowest BCUT2D eigenvalue weighted by Crippen LogP contribution is -2.55. The van der Waals surface area contributed by atoms with E-state index in [1.165, 1.54) is 83.5 Å². The van der Waals surface area contributed by atoms with Crippen molar-refractivity contribution in [3.8, 4) is 0 Å². The second-order valence-corrected chi connectivity index (χ2v) is 9.44. The Hall–Kier alpha value is -1.20. The first-order chi connectivity index (χ1) is 13.7. The molecule has 3 aliphatic rings. The molecule has 0 saturated carbocycles. The van der Waals surface area contributed by atoms with Gasteiger partial charge in [0.05, 0.1) is 0 Å². The van der Waals surface area contributed by atoms with Crippen LogP contribution in [0.1, 0.15) is 77.5 Å². The van der Waals surface area contributed by atoms with Crippen LogP contribution < -0.4 is 4.90 Å². The van der Waals surface area contributed by atoms with Gasteiger partial charge in [0, 0.05) is 43.3 Å². The number of likely N-dealkylation sites (tertiary alicyclic amines) is 2. The first-order valence-corrected chi connectivity index (χ1v) is 11.7. The van der Waals surface area contributed by atoms with Crippen LogP contribution in [0.4, 0.5) is 5.82 Å². The quantitative estimate of drug-likeness (QED) is 0.665. The molecule has 2 atom stereocenters. The number of nitrogens with zero attached hydrogens (tertiary/aromatic N) is 5. The fourth-order valence-corrected chi connectivity index (χ4v) is 5.44. The summed E-state index contributed by atoms with van der Waals surface area (Å²) in [5, 5.41) is 0. The summed E-state index contributed by atoms with van der Waals surface area (Å²) in [4.78, 5) is 17.7. The summed E-state index contributed by atoms with van der Waals surface area (Å²) in [6.07, 6.45) is 11.1. The predicted octanol–water partition coefficient (Wildman–Crippen LogP) is 3.91. The van der Waals surface area contributed by atoms with E-state index in [0.29, 0.717) is 24.0 Å². The summed E-state index contributed by atoms with van der Waals surface area (Å²) in [6.45, 7) is 13.0. The maximum Gasteiger partial charge on any atom is 0.133 e. The smallest absolute Gasteiger partial charge is 0.133 e. The summed E-state index contributed by atoms with van der Waals surface area (Å²) in [6, 6.07) is 4.06. The molecule has 1 aromatic rings. The third-order valence-electron chi connectivity index (χ3n) is 7.20. The molecule has 5 heteroatoms. The van der Waals surface area contributed by atoms with Gasteiger partial charge in [0.2, 0.25) is 0 Å². The molecule has 156 valence electrons. The van der Waals surface area contributed by atoms with Crippen molar-refractivity contribution in [2.24, 2.45) is 0 Å². The van der Waals surface area contributed by atoms with Crippen LogP contribution in [0.25, 0.3) is 0 Å². The predicted molar refractivity (Wildman–Crippen MR) is 116 cm³/mol. The van der Waals surface area contributed by atoms with Gasteiger partial charge in [-0.2, -0.15) is 0 Å². The van der Waals surface area contributed by atoms with Gasteiger partial charge in [0.15, 0.2) is 0 Å². The largest absolute Gasteiger partial charge is 0.348 e. The number of hydrogen-bond donors (Lipinski definition) is 0. The number of hydrogen-bond acceptors (Lipinski definition) is 5. The number of unbranched alkanes of at least 4 members (excludes halogenated alkanes) is 2. The van der Waals surface area contributed by atoms with Gasteiger partial charge in [-0.25, -0.2) is 9.97 Å². The summed E-state index contributed by atoms with van der Waals surface area (Å²) >= 11 is 0. The Balaban J connectivity index is 1.38. The van der Waals surface area contributed by atoms with E-state index < -0.39 is 0 Å². The Morgan fingerprint density at radius 1 is 1.04 bits per heavy atom.